The van der Waals surface area contributed by atoms with Crippen LogP contribution in [0.4, 0.5) is 0 Å². The Hall–Kier alpha value is -0.760. The lowest BCUT2D eigenvalue weighted by Crippen LogP contribution is -2.16. The van der Waals surface area contributed by atoms with E-state index in [9.17, 15) is 0 Å². The van der Waals surface area contributed by atoms with Gasteiger partial charge >= 0.3 is 0 Å². The Labute approximate surface area is 73.8 Å². The molecule has 0 aliphatic heterocycles. The van der Waals surface area contributed by atoms with E-state index in [0.29, 0.717) is 5.92 Å². The molecule has 0 aliphatic rings. The fourth-order valence-electron chi connectivity index (χ4n) is 1.34. The number of rotatable bonds is 2. The van der Waals surface area contributed by atoms with E-state index >= 15 is 0 Å². The lowest BCUT2D eigenvalue weighted by Gasteiger charge is -2.13. The zero-order valence-electron chi connectivity index (χ0n) is 8.22. The molecule has 1 aromatic rings. The zero-order valence-corrected chi connectivity index (χ0v) is 8.22. The van der Waals surface area contributed by atoms with Crippen LogP contribution in [-0.4, -0.2) is 0 Å². The minimum absolute atomic E-state index is 0.0995. The van der Waals surface area contributed by atoms with Crippen molar-refractivity contribution in [1.29, 1.82) is 0 Å². The van der Waals surface area contributed by atoms with Crippen LogP contribution in [0.1, 0.15) is 37.0 Å². The minimum atomic E-state index is 0.0995. The summed E-state index contributed by atoms with van der Waals surface area (Å²) in [6.07, 6.45) is 0. The van der Waals surface area contributed by atoms with Crippen molar-refractivity contribution in [3.63, 3.8) is 0 Å². The van der Waals surface area contributed by atoms with Crippen LogP contribution in [0, 0.1) is 19.8 Å². The van der Waals surface area contributed by atoms with Gasteiger partial charge in [-0.15, -0.1) is 0 Å². The second kappa shape index (κ2) is 3.31. The van der Waals surface area contributed by atoms with Crippen LogP contribution >= 0.6 is 0 Å². The van der Waals surface area contributed by atoms with Crippen LogP contribution in [0.25, 0.3) is 0 Å². The quantitative estimate of drug-likeness (QED) is 0.735. The molecule has 0 saturated heterocycles. The summed E-state index contributed by atoms with van der Waals surface area (Å²) < 4.78 is 5.41. The van der Waals surface area contributed by atoms with Crippen molar-refractivity contribution in [2.75, 3.05) is 0 Å². The molecule has 0 spiro atoms. The fourth-order valence-corrected chi connectivity index (χ4v) is 1.34. The molecular weight excluding hydrogens is 150 g/mol. The third-order valence-corrected chi connectivity index (χ3v) is 2.16. The van der Waals surface area contributed by atoms with Crippen molar-refractivity contribution in [3.05, 3.63) is 23.2 Å². The number of aryl methyl sites for hydroxylation is 2. The van der Waals surface area contributed by atoms with Crippen molar-refractivity contribution in [3.8, 4) is 0 Å². The van der Waals surface area contributed by atoms with Crippen LogP contribution < -0.4 is 5.73 Å². The highest BCUT2D eigenvalue weighted by Gasteiger charge is 2.15. The summed E-state index contributed by atoms with van der Waals surface area (Å²) in [5, 5.41) is 0. The third-order valence-electron chi connectivity index (χ3n) is 2.16. The minimum Gasteiger partial charge on any atom is -0.466 e. The molecule has 0 fully saturated rings. The molecule has 1 heterocycles. The Bertz CT molecular complexity index is 263. The van der Waals surface area contributed by atoms with E-state index < -0.39 is 0 Å². The van der Waals surface area contributed by atoms with Gasteiger partial charge in [-0.1, -0.05) is 13.8 Å². The normalized spacial score (nSPS) is 13.8. The van der Waals surface area contributed by atoms with Crippen LogP contribution in [0.3, 0.4) is 0 Å². The highest BCUT2D eigenvalue weighted by atomic mass is 16.3. The summed E-state index contributed by atoms with van der Waals surface area (Å²) in [6, 6.07) is 2.13. The Balaban J connectivity index is 2.94. The molecule has 12 heavy (non-hydrogen) atoms. The molecular formula is C10H17NO. The molecule has 2 nitrogen and oxygen atoms in total. The summed E-state index contributed by atoms with van der Waals surface area (Å²) in [7, 11) is 0. The van der Waals surface area contributed by atoms with E-state index in [1.807, 2.05) is 19.9 Å². The van der Waals surface area contributed by atoms with Gasteiger partial charge < -0.3 is 10.2 Å². The Morgan fingerprint density at radius 2 is 1.92 bits per heavy atom. The van der Waals surface area contributed by atoms with Gasteiger partial charge in [-0.3, -0.25) is 0 Å². The first-order valence-corrected chi connectivity index (χ1v) is 4.35. The molecule has 2 heteroatoms. The van der Waals surface area contributed by atoms with Gasteiger partial charge in [-0.2, -0.15) is 0 Å². The first-order chi connectivity index (χ1) is 5.52. The van der Waals surface area contributed by atoms with Crippen molar-refractivity contribution in [1.82, 2.24) is 0 Å². The standard InChI is InChI=1S/C10H17NO/c1-6(2)10(11)9-5-7(3)12-8(9)4/h5-6,10H,11H2,1-4H3/t10-/m0/s1. The fraction of sp³-hybridized carbons (Fsp3) is 0.600. The molecule has 1 rings (SSSR count). The van der Waals surface area contributed by atoms with Gasteiger partial charge in [-0.05, 0) is 25.8 Å². The number of nitrogens with two attached hydrogens (primary N) is 1. The lowest BCUT2D eigenvalue weighted by molar-refractivity contribution is 0.474. The molecule has 0 unspecified atom stereocenters. The van der Waals surface area contributed by atoms with E-state index in [2.05, 4.69) is 13.8 Å². The van der Waals surface area contributed by atoms with Gasteiger partial charge in [0.25, 0.3) is 0 Å². The molecule has 0 amide bonds. The maximum absolute atomic E-state index is 5.99. The van der Waals surface area contributed by atoms with Gasteiger partial charge in [0.2, 0.25) is 0 Å². The monoisotopic (exact) mass is 167 g/mol. The van der Waals surface area contributed by atoms with Gasteiger partial charge in [0, 0.05) is 11.6 Å². The third kappa shape index (κ3) is 1.69. The topological polar surface area (TPSA) is 39.2 Å². The van der Waals surface area contributed by atoms with Gasteiger partial charge in [-0.25, -0.2) is 0 Å². The second-order valence-electron chi connectivity index (χ2n) is 3.64. The van der Waals surface area contributed by atoms with Crippen molar-refractivity contribution >= 4 is 0 Å². The van der Waals surface area contributed by atoms with Crippen LogP contribution in [-0.2, 0) is 0 Å². The summed E-state index contributed by atoms with van der Waals surface area (Å²) in [6.45, 7) is 8.15. The number of furan rings is 1. The summed E-state index contributed by atoms with van der Waals surface area (Å²) in [5.74, 6) is 2.35. The maximum Gasteiger partial charge on any atom is 0.105 e. The first kappa shape index (κ1) is 9.33. The second-order valence-corrected chi connectivity index (χ2v) is 3.64. The predicted molar refractivity (Wildman–Crippen MR) is 49.9 cm³/mol. The average molecular weight is 167 g/mol. The molecule has 2 N–H and O–H groups in total. The largest absolute Gasteiger partial charge is 0.466 e. The molecule has 1 aromatic heterocycles. The summed E-state index contributed by atoms with van der Waals surface area (Å²) in [5.41, 5.74) is 7.13. The van der Waals surface area contributed by atoms with Gasteiger partial charge in [0.05, 0.1) is 0 Å². The van der Waals surface area contributed by atoms with E-state index in [-0.39, 0.29) is 6.04 Å². The molecule has 0 aromatic carbocycles. The van der Waals surface area contributed by atoms with E-state index in [0.717, 1.165) is 17.1 Å². The smallest absolute Gasteiger partial charge is 0.105 e. The molecule has 1 atom stereocenters. The highest BCUT2D eigenvalue weighted by molar-refractivity contribution is 5.23. The average Bonchev–Trinajstić information content (AvgIpc) is 2.28. The van der Waals surface area contributed by atoms with E-state index in [4.69, 9.17) is 10.2 Å². The molecule has 68 valence electrons. The lowest BCUT2D eigenvalue weighted by atomic mass is 9.97. The van der Waals surface area contributed by atoms with Gasteiger partial charge in [0.1, 0.15) is 11.5 Å². The predicted octanol–water partition coefficient (Wildman–Crippen LogP) is 2.55. The Kier molecular flexibility index (Phi) is 2.58. The summed E-state index contributed by atoms with van der Waals surface area (Å²) in [4.78, 5) is 0. The van der Waals surface area contributed by atoms with Gasteiger partial charge in [0.15, 0.2) is 0 Å². The van der Waals surface area contributed by atoms with Crippen molar-refractivity contribution in [2.24, 2.45) is 11.7 Å². The Morgan fingerprint density at radius 1 is 1.33 bits per heavy atom. The Morgan fingerprint density at radius 3 is 2.25 bits per heavy atom. The molecule has 0 aliphatic carbocycles. The first-order valence-electron chi connectivity index (χ1n) is 4.35. The maximum atomic E-state index is 5.99. The highest BCUT2D eigenvalue weighted by Crippen LogP contribution is 2.24. The van der Waals surface area contributed by atoms with Crippen LogP contribution in [0.5, 0.6) is 0 Å². The SMILES string of the molecule is Cc1cc([C@@H](N)C(C)C)c(C)o1. The van der Waals surface area contributed by atoms with E-state index in [1.165, 1.54) is 0 Å². The zero-order chi connectivity index (χ0) is 9.30. The van der Waals surface area contributed by atoms with Crippen LogP contribution in [0.15, 0.2) is 10.5 Å². The molecule has 0 radical (unpaired) electrons. The van der Waals surface area contributed by atoms with E-state index in [1.54, 1.807) is 0 Å². The molecule has 0 bridgehead atoms. The number of hydrogen-bond donors (Lipinski definition) is 1. The summed E-state index contributed by atoms with van der Waals surface area (Å²) >= 11 is 0. The van der Waals surface area contributed by atoms with Crippen LogP contribution in [0.2, 0.25) is 0 Å². The van der Waals surface area contributed by atoms with Crippen molar-refractivity contribution in [2.45, 2.75) is 33.7 Å². The van der Waals surface area contributed by atoms with Crippen molar-refractivity contribution < 1.29 is 4.42 Å². The number of hydrogen-bond acceptors (Lipinski definition) is 2. The molecule has 0 saturated carbocycles.